The molecule has 2 rings (SSSR count). The second kappa shape index (κ2) is 9.14. The van der Waals surface area contributed by atoms with Crippen LogP contribution in [0.4, 0.5) is 4.39 Å². The van der Waals surface area contributed by atoms with Crippen LogP contribution in [0.1, 0.15) is 17.5 Å². The minimum Gasteiger partial charge on any atom is -0.504 e. The van der Waals surface area contributed by atoms with Gasteiger partial charge in [0.1, 0.15) is 5.82 Å². The largest absolute Gasteiger partial charge is 0.504 e. The highest BCUT2D eigenvalue weighted by Gasteiger charge is 2.26. The molecule has 2 aromatic carbocycles. The summed E-state index contributed by atoms with van der Waals surface area (Å²) >= 11 is 0. The molecule has 4 N–H and O–H groups in total. The zero-order valence-electron chi connectivity index (χ0n) is 14.9. The van der Waals surface area contributed by atoms with Crippen molar-refractivity contribution in [3.05, 3.63) is 59.4 Å². The van der Waals surface area contributed by atoms with Crippen molar-refractivity contribution in [1.82, 2.24) is 0 Å². The molecule has 0 aromatic heterocycles. The maximum Gasteiger partial charge on any atom is 0.309 e. The molecule has 27 heavy (non-hydrogen) atoms. The van der Waals surface area contributed by atoms with Gasteiger partial charge in [0.05, 0.1) is 19.1 Å². The van der Waals surface area contributed by atoms with E-state index in [1.807, 2.05) is 0 Å². The number of aromatic hydroxyl groups is 2. The summed E-state index contributed by atoms with van der Waals surface area (Å²) in [6.07, 6.45) is 0.262. The molecule has 0 saturated carbocycles. The SMILES string of the molecule is COC(=O)[C@@H](CC(=O)[C@@H](N)Cc1ccc(O)c(O)c1)Cc1ccc(F)cc1. The average Bonchev–Trinajstić information content (AvgIpc) is 2.65. The molecule has 0 aliphatic rings. The van der Waals surface area contributed by atoms with E-state index in [4.69, 9.17) is 10.5 Å². The van der Waals surface area contributed by atoms with E-state index in [9.17, 15) is 24.2 Å². The van der Waals surface area contributed by atoms with Crippen LogP contribution in [-0.2, 0) is 27.2 Å². The lowest BCUT2D eigenvalue weighted by Crippen LogP contribution is -2.35. The van der Waals surface area contributed by atoms with Gasteiger partial charge in [-0.25, -0.2) is 4.39 Å². The fourth-order valence-corrected chi connectivity index (χ4v) is 2.77. The molecule has 0 saturated heterocycles. The normalized spacial score (nSPS) is 13.0. The minimum absolute atomic E-state index is 0.116. The number of hydrogen-bond acceptors (Lipinski definition) is 6. The monoisotopic (exact) mass is 375 g/mol. The Morgan fingerprint density at radius 3 is 2.26 bits per heavy atom. The number of rotatable bonds is 8. The molecule has 144 valence electrons. The molecule has 0 spiro atoms. The Labute approximate surface area is 156 Å². The quantitative estimate of drug-likeness (QED) is 0.481. The Hall–Kier alpha value is -2.93. The number of phenolic OH excluding ortho intramolecular Hbond substituents is 2. The second-order valence-electron chi connectivity index (χ2n) is 6.35. The molecular weight excluding hydrogens is 353 g/mol. The van der Waals surface area contributed by atoms with Crippen molar-refractivity contribution in [2.24, 2.45) is 11.7 Å². The summed E-state index contributed by atoms with van der Waals surface area (Å²) in [5.41, 5.74) is 7.23. The number of methoxy groups -OCH3 is 1. The van der Waals surface area contributed by atoms with Crippen molar-refractivity contribution in [2.45, 2.75) is 25.3 Å². The molecule has 0 heterocycles. The van der Waals surface area contributed by atoms with Crippen molar-refractivity contribution in [3.8, 4) is 11.5 Å². The summed E-state index contributed by atoms with van der Waals surface area (Å²) in [5, 5.41) is 18.9. The van der Waals surface area contributed by atoms with Gasteiger partial charge in [0.25, 0.3) is 0 Å². The van der Waals surface area contributed by atoms with E-state index < -0.39 is 17.9 Å². The molecular formula is C20H22FNO5. The number of carbonyl (C=O) groups is 2. The molecule has 2 aromatic rings. The van der Waals surface area contributed by atoms with Crippen molar-refractivity contribution >= 4 is 11.8 Å². The highest BCUT2D eigenvalue weighted by atomic mass is 19.1. The van der Waals surface area contributed by atoms with Gasteiger partial charge < -0.3 is 20.7 Å². The van der Waals surface area contributed by atoms with Gasteiger partial charge in [0, 0.05) is 6.42 Å². The second-order valence-corrected chi connectivity index (χ2v) is 6.35. The first-order valence-corrected chi connectivity index (χ1v) is 8.41. The lowest BCUT2D eigenvalue weighted by Gasteiger charge is -2.17. The van der Waals surface area contributed by atoms with E-state index in [1.165, 1.54) is 31.4 Å². The number of phenols is 2. The number of ketones is 1. The van der Waals surface area contributed by atoms with Crippen LogP contribution >= 0.6 is 0 Å². The number of carbonyl (C=O) groups excluding carboxylic acids is 2. The van der Waals surface area contributed by atoms with Crippen LogP contribution in [0.15, 0.2) is 42.5 Å². The van der Waals surface area contributed by atoms with Gasteiger partial charge in [-0.1, -0.05) is 18.2 Å². The Morgan fingerprint density at radius 1 is 1.04 bits per heavy atom. The first-order chi connectivity index (χ1) is 12.8. The van der Waals surface area contributed by atoms with Gasteiger partial charge in [-0.05, 0) is 48.2 Å². The lowest BCUT2D eigenvalue weighted by molar-refractivity contribution is -0.147. The first-order valence-electron chi connectivity index (χ1n) is 8.41. The van der Waals surface area contributed by atoms with Crippen molar-refractivity contribution in [1.29, 1.82) is 0 Å². The Morgan fingerprint density at radius 2 is 1.67 bits per heavy atom. The van der Waals surface area contributed by atoms with Crippen molar-refractivity contribution < 1.29 is 28.9 Å². The molecule has 0 radical (unpaired) electrons. The third kappa shape index (κ3) is 5.79. The van der Waals surface area contributed by atoms with Crippen LogP contribution in [-0.4, -0.2) is 35.1 Å². The maximum atomic E-state index is 13.0. The van der Waals surface area contributed by atoms with Gasteiger partial charge in [-0.3, -0.25) is 9.59 Å². The number of Topliss-reactive ketones (excluding diaryl/α,β-unsaturated/α-hetero) is 1. The van der Waals surface area contributed by atoms with Crippen LogP contribution in [0.3, 0.4) is 0 Å². The molecule has 6 nitrogen and oxygen atoms in total. The van der Waals surface area contributed by atoms with Crippen molar-refractivity contribution in [3.63, 3.8) is 0 Å². The zero-order valence-corrected chi connectivity index (χ0v) is 14.9. The van der Waals surface area contributed by atoms with Gasteiger partial charge in [-0.15, -0.1) is 0 Å². The fourth-order valence-electron chi connectivity index (χ4n) is 2.77. The Balaban J connectivity index is 2.04. The molecule has 0 unspecified atom stereocenters. The molecule has 0 fully saturated rings. The fraction of sp³-hybridized carbons (Fsp3) is 0.300. The van der Waals surface area contributed by atoms with Gasteiger partial charge in [-0.2, -0.15) is 0 Å². The molecule has 0 amide bonds. The Kier molecular flexibility index (Phi) is 6.90. The third-order valence-corrected chi connectivity index (χ3v) is 4.29. The molecule has 7 heteroatoms. The number of benzene rings is 2. The number of hydrogen-bond donors (Lipinski definition) is 3. The van der Waals surface area contributed by atoms with E-state index in [1.54, 1.807) is 18.2 Å². The summed E-state index contributed by atoms with van der Waals surface area (Å²) in [4.78, 5) is 24.5. The number of halogens is 1. The predicted octanol–water partition coefficient (Wildman–Crippen LogP) is 2.10. The first kappa shape index (κ1) is 20.4. The summed E-state index contributed by atoms with van der Waals surface area (Å²) < 4.78 is 17.8. The minimum atomic E-state index is -0.880. The molecule has 0 bridgehead atoms. The van der Waals surface area contributed by atoms with Gasteiger partial charge in [0.15, 0.2) is 17.3 Å². The average molecular weight is 375 g/mol. The summed E-state index contributed by atoms with van der Waals surface area (Å²) in [6, 6.07) is 8.99. The van der Waals surface area contributed by atoms with Gasteiger partial charge >= 0.3 is 5.97 Å². The van der Waals surface area contributed by atoms with E-state index in [-0.39, 0.29) is 42.4 Å². The number of ether oxygens (including phenoxy) is 1. The number of esters is 1. The molecule has 0 aliphatic heterocycles. The molecule has 0 aliphatic carbocycles. The lowest BCUT2D eigenvalue weighted by atomic mass is 9.90. The topological polar surface area (TPSA) is 110 Å². The highest BCUT2D eigenvalue weighted by Crippen LogP contribution is 2.25. The van der Waals surface area contributed by atoms with Crippen LogP contribution < -0.4 is 5.73 Å². The van der Waals surface area contributed by atoms with Crippen LogP contribution in [0.5, 0.6) is 11.5 Å². The highest BCUT2D eigenvalue weighted by molar-refractivity contribution is 5.88. The van der Waals surface area contributed by atoms with E-state index in [2.05, 4.69) is 0 Å². The van der Waals surface area contributed by atoms with Crippen LogP contribution in [0, 0.1) is 11.7 Å². The molecule has 2 atom stereocenters. The predicted molar refractivity (Wildman–Crippen MR) is 96.7 cm³/mol. The van der Waals surface area contributed by atoms with E-state index in [0.29, 0.717) is 11.1 Å². The summed E-state index contributed by atoms with van der Waals surface area (Å²) in [5.74, 6) is -2.54. The zero-order chi connectivity index (χ0) is 20.0. The standard InChI is InChI=1S/C20H22FNO5/c1-27-20(26)14(8-12-2-5-15(21)6-3-12)11-18(24)16(22)9-13-4-7-17(23)19(25)10-13/h2-7,10,14,16,23,25H,8-9,11,22H2,1H3/t14-,16+/m1/s1. The maximum absolute atomic E-state index is 13.0. The Bertz CT molecular complexity index is 807. The van der Waals surface area contributed by atoms with Crippen LogP contribution in [0.2, 0.25) is 0 Å². The van der Waals surface area contributed by atoms with Gasteiger partial charge in [0.2, 0.25) is 0 Å². The smallest absolute Gasteiger partial charge is 0.309 e. The van der Waals surface area contributed by atoms with Crippen molar-refractivity contribution in [2.75, 3.05) is 7.11 Å². The summed E-state index contributed by atoms with van der Waals surface area (Å²) in [7, 11) is 1.24. The number of nitrogens with two attached hydrogens (primary N) is 1. The third-order valence-electron chi connectivity index (χ3n) is 4.29. The summed E-state index contributed by atoms with van der Waals surface area (Å²) in [6.45, 7) is 0. The van der Waals surface area contributed by atoms with E-state index in [0.717, 1.165) is 0 Å². The van der Waals surface area contributed by atoms with Crippen LogP contribution in [0.25, 0.3) is 0 Å². The van der Waals surface area contributed by atoms with E-state index >= 15 is 0 Å².